The number of benzene rings is 2. The zero-order valence-corrected chi connectivity index (χ0v) is 20.4. The normalized spacial score (nSPS) is 15.6. The maximum absolute atomic E-state index is 13.0. The summed E-state index contributed by atoms with van der Waals surface area (Å²) in [5, 5.41) is 14.2. The molecule has 10 heteroatoms. The van der Waals surface area contributed by atoms with Crippen LogP contribution in [0.2, 0.25) is 5.02 Å². The lowest BCUT2D eigenvalue weighted by molar-refractivity contribution is -0.121. The largest absolute Gasteiger partial charge is 0.336 e. The first-order valence-corrected chi connectivity index (χ1v) is 12.1. The van der Waals surface area contributed by atoms with Crippen molar-refractivity contribution >= 4 is 52.0 Å². The SMILES string of the molecule is Cc1cccc(NC(=O)C2CCCN(C(=O)c3nnc(C(=O)Nc4cccc(Cl)c4)s3)C2)c1C. The lowest BCUT2D eigenvalue weighted by Gasteiger charge is -2.31. The molecule has 2 N–H and O–H groups in total. The number of likely N-dealkylation sites (tertiary alicyclic amines) is 1. The van der Waals surface area contributed by atoms with Crippen molar-refractivity contribution in [2.24, 2.45) is 5.92 Å². The molecule has 1 aromatic heterocycles. The maximum atomic E-state index is 13.0. The van der Waals surface area contributed by atoms with Crippen LogP contribution < -0.4 is 10.6 Å². The summed E-state index contributed by atoms with van der Waals surface area (Å²) in [5.74, 6) is -1.23. The minimum absolute atomic E-state index is 0.0737. The highest BCUT2D eigenvalue weighted by molar-refractivity contribution is 7.15. The molecule has 1 aliphatic heterocycles. The Bertz CT molecular complexity index is 1240. The van der Waals surface area contributed by atoms with Crippen molar-refractivity contribution in [3.05, 3.63) is 68.6 Å². The zero-order chi connectivity index (χ0) is 24.2. The van der Waals surface area contributed by atoms with Crippen LogP contribution in [0.4, 0.5) is 11.4 Å². The molecule has 1 aliphatic rings. The molecule has 4 rings (SSSR count). The van der Waals surface area contributed by atoms with Crippen LogP contribution in [0.5, 0.6) is 0 Å². The number of carbonyl (C=O) groups is 3. The number of nitrogens with zero attached hydrogens (tertiary/aromatic N) is 3. The number of halogens is 1. The van der Waals surface area contributed by atoms with E-state index in [0.29, 0.717) is 36.6 Å². The first kappa shape index (κ1) is 23.8. The highest BCUT2D eigenvalue weighted by Gasteiger charge is 2.31. The topological polar surface area (TPSA) is 104 Å². The number of aryl methyl sites for hydroxylation is 1. The molecule has 1 saturated heterocycles. The molecule has 2 heterocycles. The van der Waals surface area contributed by atoms with Crippen molar-refractivity contribution < 1.29 is 14.4 Å². The van der Waals surface area contributed by atoms with E-state index in [0.717, 1.165) is 28.2 Å². The zero-order valence-electron chi connectivity index (χ0n) is 18.8. The minimum Gasteiger partial charge on any atom is -0.336 e. The second-order valence-corrected chi connectivity index (χ2v) is 9.62. The standard InChI is InChI=1S/C24H24ClN5O3S/c1-14-6-3-10-19(15(14)2)27-20(31)16-7-5-11-30(13-16)24(33)23-29-28-22(34-23)21(32)26-18-9-4-8-17(25)12-18/h3-4,6,8-10,12,16H,5,7,11,13H2,1-2H3,(H,26,32)(H,27,31). The van der Waals surface area contributed by atoms with Crippen LogP contribution >= 0.6 is 22.9 Å². The van der Waals surface area contributed by atoms with Crippen LogP contribution in [0.15, 0.2) is 42.5 Å². The molecule has 0 aliphatic carbocycles. The first-order valence-electron chi connectivity index (χ1n) is 10.9. The van der Waals surface area contributed by atoms with Gasteiger partial charge < -0.3 is 15.5 Å². The average molecular weight is 498 g/mol. The van der Waals surface area contributed by atoms with E-state index in [1.165, 1.54) is 0 Å². The summed E-state index contributed by atoms with van der Waals surface area (Å²) in [6.07, 6.45) is 1.40. The van der Waals surface area contributed by atoms with Gasteiger partial charge in [0.2, 0.25) is 15.9 Å². The summed E-state index contributed by atoms with van der Waals surface area (Å²) in [7, 11) is 0. The summed E-state index contributed by atoms with van der Waals surface area (Å²) < 4.78 is 0. The number of rotatable bonds is 5. The molecule has 2 aromatic carbocycles. The number of hydrogen-bond donors (Lipinski definition) is 2. The van der Waals surface area contributed by atoms with E-state index in [1.54, 1.807) is 29.2 Å². The van der Waals surface area contributed by atoms with E-state index >= 15 is 0 Å². The Kier molecular flexibility index (Phi) is 7.23. The summed E-state index contributed by atoms with van der Waals surface area (Å²) >= 11 is 6.87. The summed E-state index contributed by atoms with van der Waals surface area (Å²) in [5.41, 5.74) is 3.43. The average Bonchev–Trinajstić information content (AvgIpc) is 3.32. The molecule has 0 saturated carbocycles. The molecule has 1 atom stereocenters. The third-order valence-corrected chi connectivity index (χ3v) is 6.97. The van der Waals surface area contributed by atoms with Gasteiger partial charge in [-0.05, 0) is 62.1 Å². The van der Waals surface area contributed by atoms with E-state index in [2.05, 4.69) is 20.8 Å². The van der Waals surface area contributed by atoms with E-state index in [4.69, 9.17) is 11.6 Å². The number of carbonyl (C=O) groups excluding carboxylic acids is 3. The Hall–Kier alpha value is -3.30. The molecule has 0 bridgehead atoms. The van der Waals surface area contributed by atoms with Crippen molar-refractivity contribution in [1.82, 2.24) is 15.1 Å². The fraction of sp³-hybridized carbons (Fsp3) is 0.292. The quantitative estimate of drug-likeness (QED) is 0.538. The van der Waals surface area contributed by atoms with E-state index in [9.17, 15) is 14.4 Å². The van der Waals surface area contributed by atoms with Gasteiger partial charge in [-0.25, -0.2) is 0 Å². The third-order valence-electron chi connectivity index (χ3n) is 5.83. The smallest absolute Gasteiger partial charge is 0.286 e. The number of anilines is 2. The lowest BCUT2D eigenvalue weighted by Crippen LogP contribution is -2.43. The van der Waals surface area contributed by atoms with E-state index < -0.39 is 5.91 Å². The summed E-state index contributed by atoms with van der Waals surface area (Å²) in [6, 6.07) is 12.5. The second kappa shape index (κ2) is 10.3. The minimum atomic E-state index is -0.469. The van der Waals surface area contributed by atoms with Crippen molar-refractivity contribution in [3.63, 3.8) is 0 Å². The van der Waals surface area contributed by atoms with Gasteiger partial charge in [0.1, 0.15) is 0 Å². The third kappa shape index (κ3) is 5.43. The molecule has 3 amide bonds. The molecule has 0 radical (unpaired) electrons. The Morgan fingerprint density at radius 1 is 1.06 bits per heavy atom. The van der Waals surface area contributed by atoms with Crippen molar-refractivity contribution in [2.75, 3.05) is 23.7 Å². The van der Waals surface area contributed by atoms with Gasteiger partial charge in [-0.2, -0.15) is 0 Å². The van der Waals surface area contributed by atoms with Crippen molar-refractivity contribution in [1.29, 1.82) is 0 Å². The molecule has 0 spiro atoms. The predicted molar refractivity (Wildman–Crippen MR) is 132 cm³/mol. The van der Waals surface area contributed by atoms with Crippen LogP contribution in [-0.2, 0) is 4.79 Å². The van der Waals surface area contributed by atoms with Crippen LogP contribution in [0.25, 0.3) is 0 Å². The summed E-state index contributed by atoms with van der Waals surface area (Å²) in [6.45, 7) is 4.78. The molecule has 3 aromatic rings. The van der Waals surface area contributed by atoms with Crippen LogP contribution in [0.1, 0.15) is 43.6 Å². The van der Waals surface area contributed by atoms with E-state index in [1.807, 2.05) is 32.0 Å². The van der Waals surface area contributed by atoms with Gasteiger partial charge in [0.05, 0.1) is 5.92 Å². The molecule has 1 fully saturated rings. The number of amides is 3. The highest BCUT2D eigenvalue weighted by Crippen LogP contribution is 2.24. The van der Waals surface area contributed by atoms with Gasteiger partial charge in [0, 0.05) is 29.5 Å². The maximum Gasteiger partial charge on any atom is 0.286 e. The molecule has 176 valence electrons. The van der Waals surface area contributed by atoms with Gasteiger partial charge in [-0.15, -0.1) is 10.2 Å². The molecule has 34 heavy (non-hydrogen) atoms. The van der Waals surface area contributed by atoms with Gasteiger partial charge in [-0.1, -0.05) is 41.1 Å². The van der Waals surface area contributed by atoms with Crippen LogP contribution in [0.3, 0.4) is 0 Å². The number of hydrogen-bond acceptors (Lipinski definition) is 6. The number of aromatic nitrogens is 2. The Morgan fingerprint density at radius 2 is 1.82 bits per heavy atom. The fourth-order valence-electron chi connectivity index (χ4n) is 3.78. The van der Waals surface area contributed by atoms with Gasteiger partial charge in [0.25, 0.3) is 11.8 Å². The Morgan fingerprint density at radius 3 is 2.62 bits per heavy atom. The Labute approximate surface area is 206 Å². The predicted octanol–water partition coefficient (Wildman–Crippen LogP) is 4.55. The molecule has 1 unspecified atom stereocenters. The van der Waals surface area contributed by atoms with E-state index in [-0.39, 0.29) is 27.7 Å². The molecular weight excluding hydrogens is 474 g/mol. The van der Waals surface area contributed by atoms with Crippen molar-refractivity contribution in [3.8, 4) is 0 Å². The van der Waals surface area contributed by atoms with Crippen molar-refractivity contribution in [2.45, 2.75) is 26.7 Å². The highest BCUT2D eigenvalue weighted by atomic mass is 35.5. The summed E-state index contributed by atoms with van der Waals surface area (Å²) in [4.78, 5) is 40.0. The van der Waals surface area contributed by atoms with Gasteiger partial charge in [0.15, 0.2) is 0 Å². The number of nitrogens with one attached hydrogen (secondary N) is 2. The Balaban J connectivity index is 1.39. The second-order valence-electron chi connectivity index (χ2n) is 8.20. The van der Waals surface area contributed by atoms with Gasteiger partial charge >= 0.3 is 0 Å². The van der Waals surface area contributed by atoms with Crippen LogP contribution in [-0.4, -0.2) is 45.9 Å². The number of piperidine rings is 1. The monoisotopic (exact) mass is 497 g/mol. The fourth-order valence-corrected chi connectivity index (χ4v) is 4.68. The molecule has 8 nitrogen and oxygen atoms in total. The van der Waals surface area contributed by atoms with Gasteiger partial charge in [-0.3, -0.25) is 14.4 Å². The first-order chi connectivity index (χ1) is 16.3. The van der Waals surface area contributed by atoms with Crippen LogP contribution in [0, 0.1) is 19.8 Å². The molecular formula is C24H24ClN5O3S. The lowest BCUT2D eigenvalue weighted by atomic mass is 9.96.